The average Bonchev–Trinajstić information content (AvgIpc) is 3.25. The van der Waals surface area contributed by atoms with Crippen molar-refractivity contribution in [2.45, 2.75) is 0 Å². The van der Waals surface area contributed by atoms with E-state index in [2.05, 4.69) is 26.7 Å². The number of amides is 1. The molecular formula is C22H17N3O2S. The topological polar surface area (TPSA) is 64.1 Å². The Morgan fingerprint density at radius 2 is 1.79 bits per heavy atom. The van der Waals surface area contributed by atoms with Crippen LogP contribution in [0.2, 0.25) is 0 Å². The zero-order chi connectivity index (χ0) is 19.3. The van der Waals surface area contributed by atoms with E-state index in [0.717, 1.165) is 21.6 Å². The Kier molecular flexibility index (Phi) is 5.12. The first-order valence-corrected chi connectivity index (χ1v) is 9.50. The van der Waals surface area contributed by atoms with Crippen molar-refractivity contribution in [1.82, 2.24) is 9.97 Å². The second-order valence-corrected chi connectivity index (χ2v) is 7.00. The Bertz CT molecular complexity index is 1090. The second-order valence-electron chi connectivity index (χ2n) is 6.09. The van der Waals surface area contributed by atoms with Crippen molar-refractivity contribution < 1.29 is 9.53 Å². The molecule has 0 saturated carbocycles. The number of thiophene rings is 1. The van der Waals surface area contributed by atoms with Gasteiger partial charge in [-0.1, -0.05) is 6.07 Å². The molecule has 28 heavy (non-hydrogen) atoms. The third kappa shape index (κ3) is 3.92. The van der Waals surface area contributed by atoms with Gasteiger partial charge in [-0.25, -0.2) is 0 Å². The van der Waals surface area contributed by atoms with Crippen molar-refractivity contribution in [2.24, 2.45) is 0 Å². The number of ether oxygens (including phenoxy) is 1. The van der Waals surface area contributed by atoms with E-state index in [4.69, 9.17) is 4.74 Å². The number of rotatable bonds is 5. The number of carbonyl (C=O) groups excluding carboxylic acids is 1. The van der Waals surface area contributed by atoms with E-state index in [0.29, 0.717) is 17.0 Å². The Morgan fingerprint density at radius 1 is 0.964 bits per heavy atom. The lowest BCUT2D eigenvalue weighted by atomic mass is 10.1. The number of nitrogens with one attached hydrogen (secondary N) is 1. The smallest absolute Gasteiger partial charge is 0.255 e. The van der Waals surface area contributed by atoms with Gasteiger partial charge in [-0.05, 0) is 53.4 Å². The molecule has 0 aliphatic rings. The van der Waals surface area contributed by atoms with Crippen molar-refractivity contribution in [2.75, 3.05) is 12.4 Å². The van der Waals surface area contributed by atoms with Crippen LogP contribution in [-0.4, -0.2) is 23.0 Å². The van der Waals surface area contributed by atoms with Crippen LogP contribution in [0, 0.1) is 0 Å². The monoisotopic (exact) mass is 387 g/mol. The first kappa shape index (κ1) is 17.9. The molecular weight excluding hydrogens is 370 g/mol. The number of nitrogens with zero attached hydrogens (tertiary/aromatic N) is 2. The summed E-state index contributed by atoms with van der Waals surface area (Å²) in [5.74, 6) is 0.520. The highest BCUT2D eigenvalue weighted by Gasteiger charge is 2.09. The average molecular weight is 387 g/mol. The summed E-state index contributed by atoms with van der Waals surface area (Å²) in [7, 11) is 1.59. The number of hydrogen-bond acceptors (Lipinski definition) is 5. The van der Waals surface area contributed by atoms with Crippen molar-refractivity contribution in [3.05, 3.63) is 84.3 Å². The fraction of sp³-hybridized carbons (Fsp3) is 0.0455. The van der Waals surface area contributed by atoms with Crippen LogP contribution in [0.1, 0.15) is 10.4 Å². The standard InChI is InChI=1S/C22H17N3O2S/c1-27-20-6-4-15(5-7-20)22(26)25-19-9-17(12-24-13-19)21-10-18(14-28-21)16-3-2-8-23-11-16/h2-14H,1H3,(H,25,26). The summed E-state index contributed by atoms with van der Waals surface area (Å²) in [6.07, 6.45) is 7.04. The molecule has 3 heterocycles. The van der Waals surface area contributed by atoms with E-state index < -0.39 is 0 Å². The van der Waals surface area contributed by atoms with E-state index in [1.54, 1.807) is 61.3 Å². The molecule has 0 saturated heterocycles. The Hall–Kier alpha value is -3.51. The van der Waals surface area contributed by atoms with E-state index in [1.165, 1.54) is 0 Å². The lowest BCUT2D eigenvalue weighted by Crippen LogP contribution is -2.11. The molecule has 1 aromatic carbocycles. The minimum atomic E-state index is -0.191. The fourth-order valence-corrected chi connectivity index (χ4v) is 3.66. The van der Waals surface area contributed by atoms with Crippen molar-refractivity contribution in [1.29, 1.82) is 0 Å². The third-order valence-electron chi connectivity index (χ3n) is 4.23. The number of anilines is 1. The summed E-state index contributed by atoms with van der Waals surface area (Å²) in [6, 6.07) is 15.0. The summed E-state index contributed by atoms with van der Waals surface area (Å²) >= 11 is 1.63. The Morgan fingerprint density at radius 3 is 2.54 bits per heavy atom. The largest absolute Gasteiger partial charge is 0.497 e. The van der Waals surface area contributed by atoms with Crippen molar-refractivity contribution in [3.63, 3.8) is 0 Å². The number of carbonyl (C=O) groups is 1. The molecule has 1 N–H and O–H groups in total. The van der Waals surface area contributed by atoms with Gasteiger partial charge in [0.1, 0.15) is 5.75 Å². The highest BCUT2D eigenvalue weighted by Crippen LogP contribution is 2.33. The van der Waals surface area contributed by atoms with Crippen LogP contribution in [0.15, 0.2) is 78.7 Å². The Labute approximate surface area is 166 Å². The van der Waals surface area contributed by atoms with E-state index >= 15 is 0 Å². The van der Waals surface area contributed by atoms with Crippen LogP contribution < -0.4 is 10.1 Å². The number of pyridine rings is 2. The summed E-state index contributed by atoms with van der Waals surface area (Å²) in [4.78, 5) is 22.0. The molecule has 0 radical (unpaired) electrons. The van der Waals surface area contributed by atoms with E-state index in [9.17, 15) is 4.79 Å². The van der Waals surface area contributed by atoms with Crippen LogP contribution in [0.25, 0.3) is 21.6 Å². The summed E-state index contributed by atoms with van der Waals surface area (Å²) < 4.78 is 5.12. The lowest BCUT2D eigenvalue weighted by Gasteiger charge is -2.07. The zero-order valence-electron chi connectivity index (χ0n) is 15.1. The van der Waals surface area contributed by atoms with Crippen LogP contribution in [0.5, 0.6) is 5.75 Å². The predicted octanol–water partition coefficient (Wildman–Crippen LogP) is 5.13. The van der Waals surface area contributed by atoms with Gasteiger partial charge in [-0.3, -0.25) is 14.8 Å². The highest BCUT2D eigenvalue weighted by molar-refractivity contribution is 7.14. The maximum Gasteiger partial charge on any atom is 0.255 e. The number of benzene rings is 1. The van der Waals surface area contributed by atoms with Gasteiger partial charge in [0, 0.05) is 40.2 Å². The van der Waals surface area contributed by atoms with Crippen molar-refractivity contribution >= 4 is 22.9 Å². The minimum absolute atomic E-state index is 0.191. The molecule has 1 amide bonds. The van der Waals surface area contributed by atoms with E-state index in [1.807, 2.05) is 24.4 Å². The fourth-order valence-electron chi connectivity index (χ4n) is 2.76. The molecule has 6 heteroatoms. The second kappa shape index (κ2) is 8.02. The number of hydrogen-bond donors (Lipinski definition) is 1. The number of aromatic nitrogens is 2. The summed E-state index contributed by atoms with van der Waals surface area (Å²) in [6.45, 7) is 0. The molecule has 0 aliphatic carbocycles. The first-order chi connectivity index (χ1) is 13.7. The molecule has 5 nitrogen and oxygen atoms in total. The third-order valence-corrected chi connectivity index (χ3v) is 5.21. The lowest BCUT2D eigenvalue weighted by molar-refractivity contribution is 0.102. The first-order valence-electron chi connectivity index (χ1n) is 8.63. The quantitative estimate of drug-likeness (QED) is 0.515. The molecule has 0 atom stereocenters. The van der Waals surface area contributed by atoms with Gasteiger partial charge in [0.15, 0.2) is 0 Å². The maximum absolute atomic E-state index is 12.5. The molecule has 4 rings (SSSR count). The van der Waals surface area contributed by atoms with Crippen LogP contribution in [0.3, 0.4) is 0 Å². The maximum atomic E-state index is 12.5. The van der Waals surface area contributed by atoms with Gasteiger partial charge in [0.25, 0.3) is 5.91 Å². The molecule has 0 unspecified atom stereocenters. The van der Waals surface area contributed by atoms with E-state index in [-0.39, 0.29) is 5.91 Å². The van der Waals surface area contributed by atoms with Crippen LogP contribution >= 0.6 is 11.3 Å². The van der Waals surface area contributed by atoms with Gasteiger partial charge in [0.2, 0.25) is 0 Å². The highest BCUT2D eigenvalue weighted by atomic mass is 32.1. The molecule has 0 fully saturated rings. The summed E-state index contributed by atoms with van der Waals surface area (Å²) in [5, 5.41) is 4.99. The SMILES string of the molecule is COc1ccc(C(=O)Nc2cncc(-c3cc(-c4cccnc4)cs3)c2)cc1. The van der Waals surface area contributed by atoms with Gasteiger partial charge in [-0.2, -0.15) is 0 Å². The van der Waals surface area contributed by atoms with Gasteiger partial charge < -0.3 is 10.1 Å². The zero-order valence-corrected chi connectivity index (χ0v) is 15.9. The van der Waals surface area contributed by atoms with Crippen LogP contribution in [-0.2, 0) is 0 Å². The van der Waals surface area contributed by atoms with Gasteiger partial charge >= 0.3 is 0 Å². The van der Waals surface area contributed by atoms with Gasteiger partial charge in [-0.15, -0.1) is 11.3 Å². The molecule has 4 aromatic rings. The Balaban J connectivity index is 1.53. The molecule has 0 bridgehead atoms. The van der Waals surface area contributed by atoms with Crippen LogP contribution in [0.4, 0.5) is 5.69 Å². The molecule has 3 aromatic heterocycles. The summed E-state index contributed by atoms with van der Waals surface area (Å²) in [5.41, 5.74) is 4.34. The van der Waals surface area contributed by atoms with Crippen molar-refractivity contribution in [3.8, 4) is 27.3 Å². The molecule has 138 valence electrons. The minimum Gasteiger partial charge on any atom is -0.497 e. The van der Waals surface area contributed by atoms with Gasteiger partial charge in [0.05, 0.1) is 19.0 Å². The molecule has 0 spiro atoms. The predicted molar refractivity (Wildman–Crippen MR) is 112 cm³/mol. The molecule has 0 aliphatic heterocycles. The number of methoxy groups -OCH3 is 1. The normalized spacial score (nSPS) is 10.5.